The van der Waals surface area contributed by atoms with Crippen molar-refractivity contribution in [2.24, 2.45) is 5.73 Å². The number of ether oxygens (including phenoxy) is 1. The molecule has 0 aliphatic heterocycles. The fraction of sp³-hybridized carbons (Fsp3) is 0.562. The van der Waals surface area contributed by atoms with Gasteiger partial charge in [0.1, 0.15) is 5.75 Å². The van der Waals surface area contributed by atoms with Crippen molar-refractivity contribution in [2.75, 3.05) is 20.2 Å². The molecule has 0 atom stereocenters. The Labute approximate surface area is 120 Å². The van der Waals surface area contributed by atoms with Crippen LogP contribution in [0.4, 0.5) is 0 Å². The maximum Gasteiger partial charge on any atom is 0.223 e. The summed E-state index contributed by atoms with van der Waals surface area (Å²) < 4.78 is 5.13. The molecule has 1 aliphatic carbocycles. The highest BCUT2D eigenvalue weighted by Gasteiger charge is 2.27. The molecule has 2 rings (SSSR count). The zero-order chi connectivity index (χ0) is 14.4. The number of methoxy groups -OCH3 is 1. The minimum Gasteiger partial charge on any atom is -0.497 e. The first-order valence-corrected chi connectivity index (χ1v) is 7.37. The summed E-state index contributed by atoms with van der Waals surface area (Å²) in [6, 6.07) is 8.33. The van der Waals surface area contributed by atoms with Crippen molar-refractivity contribution < 1.29 is 9.53 Å². The Bertz CT molecular complexity index is 427. The largest absolute Gasteiger partial charge is 0.497 e. The van der Waals surface area contributed by atoms with Crippen molar-refractivity contribution >= 4 is 5.91 Å². The van der Waals surface area contributed by atoms with Crippen LogP contribution in [-0.2, 0) is 11.2 Å². The molecular weight excluding hydrogens is 252 g/mol. The average Bonchev–Trinajstić information content (AvgIpc) is 2.43. The summed E-state index contributed by atoms with van der Waals surface area (Å²) in [4.78, 5) is 14.3. The number of rotatable bonds is 7. The summed E-state index contributed by atoms with van der Waals surface area (Å²) in [6.07, 6.45) is 4.83. The zero-order valence-electron chi connectivity index (χ0n) is 12.2. The number of amides is 1. The van der Waals surface area contributed by atoms with E-state index >= 15 is 0 Å². The Balaban J connectivity index is 1.85. The molecule has 2 N–H and O–H groups in total. The van der Waals surface area contributed by atoms with Crippen LogP contribution < -0.4 is 10.5 Å². The number of carbonyl (C=O) groups is 1. The number of carbonyl (C=O) groups excluding carboxylic acids is 1. The van der Waals surface area contributed by atoms with Crippen molar-refractivity contribution in [1.29, 1.82) is 0 Å². The first-order valence-electron chi connectivity index (χ1n) is 7.37. The van der Waals surface area contributed by atoms with Gasteiger partial charge in [0.15, 0.2) is 0 Å². The number of nitrogens with two attached hydrogens (primary N) is 1. The van der Waals surface area contributed by atoms with E-state index in [0.717, 1.165) is 25.0 Å². The Kier molecular flexibility index (Phi) is 5.41. The molecule has 0 radical (unpaired) electrons. The Hall–Kier alpha value is -1.55. The Morgan fingerprint density at radius 2 is 2.05 bits per heavy atom. The van der Waals surface area contributed by atoms with E-state index in [-0.39, 0.29) is 5.91 Å². The average molecular weight is 276 g/mol. The summed E-state index contributed by atoms with van der Waals surface area (Å²) >= 11 is 0. The summed E-state index contributed by atoms with van der Waals surface area (Å²) in [7, 11) is 1.65. The second-order valence-corrected chi connectivity index (χ2v) is 5.31. The third kappa shape index (κ3) is 3.73. The van der Waals surface area contributed by atoms with Crippen LogP contribution in [0.3, 0.4) is 0 Å². The van der Waals surface area contributed by atoms with Crippen molar-refractivity contribution in [3.63, 3.8) is 0 Å². The fourth-order valence-electron chi connectivity index (χ4n) is 2.54. The summed E-state index contributed by atoms with van der Waals surface area (Å²) in [6.45, 7) is 1.23. The van der Waals surface area contributed by atoms with Gasteiger partial charge in [0.2, 0.25) is 5.91 Å². The zero-order valence-corrected chi connectivity index (χ0v) is 12.2. The van der Waals surface area contributed by atoms with Crippen LogP contribution in [0.5, 0.6) is 5.75 Å². The first kappa shape index (κ1) is 14.9. The Morgan fingerprint density at radius 3 is 2.55 bits per heavy atom. The fourth-order valence-corrected chi connectivity index (χ4v) is 2.54. The molecule has 1 aromatic carbocycles. The standard InChI is InChI=1S/C16H24N2O2/c1-20-15-8-5-13(6-9-15)7-10-16(19)18(12-11-17)14-3-2-4-14/h5-6,8-9,14H,2-4,7,10-12,17H2,1H3. The van der Waals surface area contributed by atoms with Gasteiger partial charge in [-0.3, -0.25) is 4.79 Å². The van der Waals surface area contributed by atoms with E-state index in [0.29, 0.717) is 25.6 Å². The second kappa shape index (κ2) is 7.29. The number of hydrogen-bond acceptors (Lipinski definition) is 3. The van der Waals surface area contributed by atoms with Crippen LogP contribution in [0.2, 0.25) is 0 Å². The van der Waals surface area contributed by atoms with Gasteiger partial charge in [-0.05, 0) is 43.4 Å². The van der Waals surface area contributed by atoms with Crippen molar-refractivity contribution in [3.05, 3.63) is 29.8 Å². The smallest absolute Gasteiger partial charge is 0.223 e. The molecule has 1 aliphatic rings. The molecule has 1 aromatic rings. The lowest BCUT2D eigenvalue weighted by atomic mass is 9.91. The highest BCUT2D eigenvalue weighted by atomic mass is 16.5. The molecule has 4 nitrogen and oxygen atoms in total. The van der Waals surface area contributed by atoms with Gasteiger partial charge in [0.05, 0.1) is 7.11 Å². The molecule has 0 unspecified atom stereocenters. The molecule has 0 saturated heterocycles. The maximum atomic E-state index is 12.3. The lowest BCUT2D eigenvalue weighted by molar-refractivity contribution is -0.135. The number of aryl methyl sites for hydroxylation is 1. The van der Waals surface area contributed by atoms with E-state index in [1.165, 1.54) is 12.0 Å². The topological polar surface area (TPSA) is 55.6 Å². The predicted molar refractivity (Wildman–Crippen MR) is 79.7 cm³/mol. The summed E-state index contributed by atoms with van der Waals surface area (Å²) in [5.41, 5.74) is 6.78. The van der Waals surface area contributed by atoms with Crippen molar-refractivity contribution in [1.82, 2.24) is 4.90 Å². The molecule has 110 valence electrons. The lowest BCUT2D eigenvalue weighted by Gasteiger charge is -2.37. The molecule has 0 heterocycles. The van der Waals surface area contributed by atoms with E-state index < -0.39 is 0 Å². The molecule has 4 heteroatoms. The monoisotopic (exact) mass is 276 g/mol. The predicted octanol–water partition coefficient (Wildman–Crippen LogP) is 1.97. The first-order chi connectivity index (χ1) is 9.74. The minimum atomic E-state index is 0.232. The van der Waals surface area contributed by atoms with Gasteiger partial charge in [-0.25, -0.2) is 0 Å². The van der Waals surface area contributed by atoms with Gasteiger partial charge in [-0.1, -0.05) is 12.1 Å². The van der Waals surface area contributed by atoms with Crippen LogP contribution in [0.25, 0.3) is 0 Å². The molecule has 0 aromatic heterocycles. The third-order valence-electron chi connectivity index (χ3n) is 3.99. The molecule has 1 saturated carbocycles. The van der Waals surface area contributed by atoms with Crippen LogP contribution >= 0.6 is 0 Å². The highest BCUT2D eigenvalue weighted by molar-refractivity contribution is 5.77. The summed E-state index contributed by atoms with van der Waals surface area (Å²) in [5.74, 6) is 1.08. The quantitative estimate of drug-likeness (QED) is 0.828. The maximum absolute atomic E-state index is 12.3. The molecule has 1 fully saturated rings. The van der Waals surface area contributed by atoms with E-state index in [1.807, 2.05) is 29.2 Å². The molecule has 1 amide bonds. The van der Waals surface area contributed by atoms with Gasteiger partial charge in [0, 0.05) is 25.6 Å². The SMILES string of the molecule is COc1ccc(CCC(=O)N(CCN)C2CCC2)cc1. The molecule has 20 heavy (non-hydrogen) atoms. The van der Waals surface area contributed by atoms with E-state index in [4.69, 9.17) is 10.5 Å². The van der Waals surface area contributed by atoms with Gasteiger partial charge < -0.3 is 15.4 Å². The van der Waals surface area contributed by atoms with Crippen LogP contribution in [0.1, 0.15) is 31.2 Å². The van der Waals surface area contributed by atoms with Crippen molar-refractivity contribution in [3.8, 4) is 5.75 Å². The second-order valence-electron chi connectivity index (χ2n) is 5.31. The molecule has 0 bridgehead atoms. The number of nitrogens with zero attached hydrogens (tertiary/aromatic N) is 1. The van der Waals surface area contributed by atoms with E-state index in [2.05, 4.69) is 0 Å². The van der Waals surface area contributed by atoms with Gasteiger partial charge in [-0.2, -0.15) is 0 Å². The van der Waals surface area contributed by atoms with Crippen molar-refractivity contribution in [2.45, 2.75) is 38.1 Å². The van der Waals surface area contributed by atoms with E-state index in [9.17, 15) is 4.79 Å². The van der Waals surface area contributed by atoms with E-state index in [1.54, 1.807) is 7.11 Å². The van der Waals surface area contributed by atoms with Gasteiger partial charge >= 0.3 is 0 Å². The summed E-state index contributed by atoms with van der Waals surface area (Å²) in [5, 5.41) is 0. The van der Waals surface area contributed by atoms with Gasteiger partial charge in [-0.15, -0.1) is 0 Å². The minimum absolute atomic E-state index is 0.232. The number of hydrogen-bond donors (Lipinski definition) is 1. The van der Waals surface area contributed by atoms with Gasteiger partial charge in [0.25, 0.3) is 0 Å². The van der Waals surface area contributed by atoms with Crippen LogP contribution in [0.15, 0.2) is 24.3 Å². The van der Waals surface area contributed by atoms with Crippen LogP contribution in [0, 0.1) is 0 Å². The normalized spacial score (nSPS) is 14.7. The Morgan fingerprint density at radius 1 is 1.35 bits per heavy atom. The molecule has 0 spiro atoms. The van der Waals surface area contributed by atoms with Crippen LogP contribution in [-0.4, -0.2) is 37.0 Å². The third-order valence-corrected chi connectivity index (χ3v) is 3.99. The number of benzene rings is 1. The lowest BCUT2D eigenvalue weighted by Crippen LogP contribution is -2.46. The molecular formula is C16H24N2O2. The highest BCUT2D eigenvalue weighted by Crippen LogP contribution is 2.25.